The highest BCUT2D eigenvalue weighted by atomic mass is 19.1. The van der Waals surface area contributed by atoms with E-state index in [4.69, 9.17) is 4.52 Å². The molecule has 138 valence electrons. The summed E-state index contributed by atoms with van der Waals surface area (Å²) in [5.74, 6) is -0.146. The number of benzene rings is 1. The molecule has 26 heavy (non-hydrogen) atoms. The molecule has 0 atom stereocenters. The van der Waals surface area contributed by atoms with Crippen LogP contribution in [-0.4, -0.2) is 41.5 Å². The maximum atomic E-state index is 12.9. The molecule has 1 aromatic heterocycles. The van der Waals surface area contributed by atoms with Crippen LogP contribution in [0.1, 0.15) is 34.3 Å². The Balaban J connectivity index is 1.45. The van der Waals surface area contributed by atoms with Gasteiger partial charge in [0.25, 0.3) is 5.91 Å². The number of aryl methyl sites for hydroxylation is 2. The van der Waals surface area contributed by atoms with E-state index in [1.54, 1.807) is 24.0 Å². The monoisotopic (exact) mass is 359 g/mol. The van der Waals surface area contributed by atoms with Crippen molar-refractivity contribution < 1.29 is 18.5 Å². The fourth-order valence-corrected chi connectivity index (χ4v) is 3.03. The van der Waals surface area contributed by atoms with Crippen molar-refractivity contribution in [1.29, 1.82) is 0 Å². The zero-order valence-electron chi connectivity index (χ0n) is 14.9. The third-order valence-corrected chi connectivity index (χ3v) is 4.65. The molecule has 6 nitrogen and oxygen atoms in total. The van der Waals surface area contributed by atoms with Crippen LogP contribution in [-0.2, 0) is 17.6 Å². The highest BCUT2D eigenvalue weighted by Crippen LogP contribution is 2.23. The molecule has 1 aliphatic rings. The summed E-state index contributed by atoms with van der Waals surface area (Å²) in [5, 5.41) is 6.77. The van der Waals surface area contributed by atoms with Crippen LogP contribution in [0.4, 0.5) is 4.39 Å². The molecule has 3 rings (SSSR count). The van der Waals surface area contributed by atoms with Gasteiger partial charge < -0.3 is 14.7 Å². The van der Waals surface area contributed by atoms with E-state index in [0.717, 1.165) is 5.56 Å². The molecule has 2 aromatic rings. The molecule has 0 radical (unpaired) electrons. The molecule has 7 heteroatoms. The summed E-state index contributed by atoms with van der Waals surface area (Å²) in [4.78, 5) is 26.4. The lowest BCUT2D eigenvalue weighted by Gasteiger charge is -2.38. The van der Waals surface area contributed by atoms with Gasteiger partial charge in [0.2, 0.25) is 5.91 Å². The van der Waals surface area contributed by atoms with Gasteiger partial charge in [-0.3, -0.25) is 9.59 Å². The summed E-state index contributed by atoms with van der Waals surface area (Å²) in [6.07, 6.45) is 1.26. The van der Waals surface area contributed by atoms with Gasteiger partial charge in [0.1, 0.15) is 17.1 Å². The van der Waals surface area contributed by atoms with Gasteiger partial charge in [-0.25, -0.2) is 4.39 Å². The van der Waals surface area contributed by atoms with Gasteiger partial charge in [-0.15, -0.1) is 0 Å². The van der Waals surface area contributed by atoms with Crippen molar-refractivity contribution in [1.82, 2.24) is 15.4 Å². The molecule has 0 bridgehead atoms. The van der Waals surface area contributed by atoms with E-state index in [-0.39, 0.29) is 23.5 Å². The van der Waals surface area contributed by atoms with E-state index in [0.29, 0.717) is 49.5 Å². The highest BCUT2D eigenvalue weighted by Gasteiger charge is 2.37. The van der Waals surface area contributed by atoms with Gasteiger partial charge in [-0.2, -0.15) is 0 Å². The lowest BCUT2D eigenvalue weighted by Crippen LogP contribution is -2.56. The lowest BCUT2D eigenvalue weighted by atomic mass is 9.97. The number of carbonyl (C=O) groups excluding carboxylic acids is 2. The van der Waals surface area contributed by atoms with Gasteiger partial charge in [-0.1, -0.05) is 24.2 Å². The van der Waals surface area contributed by atoms with Crippen molar-refractivity contribution in [3.05, 3.63) is 52.7 Å². The quantitative estimate of drug-likeness (QED) is 0.857. The van der Waals surface area contributed by atoms with E-state index >= 15 is 0 Å². The minimum atomic E-state index is -0.272. The molecule has 2 amide bonds. The van der Waals surface area contributed by atoms with Crippen molar-refractivity contribution in [2.24, 2.45) is 5.92 Å². The molecule has 1 aromatic carbocycles. The Kier molecular flexibility index (Phi) is 5.35. The minimum Gasteiger partial charge on any atom is -0.361 e. The number of rotatable bonds is 6. The zero-order chi connectivity index (χ0) is 18.7. The van der Waals surface area contributed by atoms with E-state index in [1.165, 1.54) is 12.1 Å². The van der Waals surface area contributed by atoms with Crippen LogP contribution in [0.25, 0.3) is 0 Å². The van der Waals surface area contributed by atoms with E-state index < -0.39 is 0 Å². The van der Waals surface area contributed by atoms with Crippen molar-refractivity contribution in [2.75, 3.05) is 19.6 Å². The van der Waals surface area contributed by atoms with Crippen LogP contribution in [0.3, 0.4) is 0 Å². The summed E-state index contributed by atoms with van der Waals surface area (Å²) >= 11 is 0. The summed E-state index contributed by atoms with van der Waals surface area (Å²) in [6.45, 7) is 4.92. The minimum absolute atomic E-state index is 0.0612. The Labute approximate surface area is 151 Å². The predicted molar refractivity (Wildman–Crippen MR) is 93.1 cm³/mol. The van der Waals surface area contributed by atoms with Crippen LogP contribution >= 0.6 is 0 Å². The van der Waals surface area contributed by atoms with E-state index in [1.807, 2.05) is 6.92 Å². The Hall–Kier alpha value is -2.70. The second-order valence-corrected chi connectivity index (χ2v) is 6.49. The SMILES string of the molecule is CCc1noc(C)c1C(=O)N1CC(C(=O)NCCc2ccc(F)cc2)C1. The molecule has 0 spiro atoms. The fraction of sp³-hybridized carbons (Fsp3) is 0.421. The van der Waals surface area contributed by atoms with Gasteiger partial charge in [0.05, 0.1) is 11.6 Å². The summed E-state index contributed by atoms with van der Waals surface area (Å²) in [5.41, 5.74) is 2.13. The van der Waals surface area contributed by atoms with Crippen molar-refractivity contribution in [3.8, 4) is 0 Å². The first-order valence-corrected chi connectivity index (χ1v) is 8.76. The maximum Gasteiger partial charge on any atom is 0.259 e. The first-order chi connectivity index (χ1) is 12.5. The molecule has 0 saturated carbocycles. The van der Waals surface area contributed by atoms with Crippen LogP contribution in [0.15, 0.2) is 28.8 Å². The first kappa shape index (κ1) is 18.1. The topological polar surface area (TPSA) is 75.4 Å². The Morgan fingerprint density at radius 3 is 2.65 bits per heavy atom. The smallest absolute Gasteiger partial charge is 0.259 e. The largest absolute Gasteiger partial charge is 0.361 e. The number of halogens is 1. The summed E-state index contributed by atoms with van der Waals surface area (Å²) in [6, 6.07) is 6.23. The second-order valence-electron chi connectivity index (χ2n) is 6.49. The van der Waals surface area contributed by atoms with Crippen LogP contribution in [0.2, 0.25) is 0 Å². The standard InChI is InChI=1S/C19H22FN3O3/c1-3-16-17(12(2)26-22-16)19(25)23-10-14(11-23)18(24)21-9-8-13-4-6-15(20)7-5-13/h4-7,14H,3,8-11H2,1-2H3,(H,21,24). The van der Waals surface area contributed by atoms with Gasteiger partial charge in [-0.05, 0) is 37.5 Å². The van der Waals surface area contributed by atoms with Crippen molar-refractivity contribution in [2.45, 2.75) is 26.7 Å². The van der Waals surface area contributed by atoms with Crippen LogP contribution in [0.5, 0.6) is 0 Å². The molecule has 1 N–H and O–H groups in total. The molecular formula is C19H22FN3O3. The highest BCUT2D eigenvalue weighted by molar-refractivity contribution is 5.97. The Morgan fingerprint density at radius 1 is 1.31 bits per heavy atom. The number of nitrogens with one attached hydrogen (secondary N) is 1. The second kappa shape index (κ2) is 7.68. The van der Waals surface area contributed by atoms with Crippen LogP contribution < -0.4 is 5.32 Å². The number of hydrogen-bond acceptors (Lipinski definition) is 4. The average Bonchev–Trinajstić information content (AvgIpc) is 2.96. The van der Waals surface area contributed by atoms with Gasteiger partial charge in [0, 0.05) is 19.6 Å². The molecule has 0 aliphatic carbocycles. The molecule has 1 aliphatic heterocycles. The lowest BCUT2D eigenvalue weighted by molar-refractivity contribution is -0.128. The molecular weight excluding hydrogens is 337 g/mol. The first-order valence-electron chi connectivity index (χ1n) is 8.76. The summed E-state index contributed by atoms with van der Waals surface area (Å²) in [7, 11) is 0. The average molecular weight is 359 g/mol. The third-order valence-electron chi connectivity index (χ3n) is 4.65. The summed E-state index contributed by atoms with van der Waals surface area (Å²) < 4.78 is 18.0. The number of carbonyl (C=O) groups is 2. The number of hydrogen-bond donors (Lipinski definition) is 1. The Morgan fingerprint density at radius 2 is 2.00 bits per heavy atom. The van der Waals surface area contributed by atoms with Crippen LogP contribution in [0, 0.1) is 18.7 Å². The fourth-order valence-electron chi connectivity index (χ4n) is 3.03. The van der Waals surface area contributed by atoms with Gasteiger partial charge in [0.15, 0.2) is 0 Å². The van der Waals surface area contributed by atoms with Crippen molar-refractivity contribution in [3.63, 3.8) is 0 Å². The maximum absolute atomic E-state index is 12.9. The molecule has 0 unspecified atom stereocenters. The number of amides is 2. The predicted octanol–water partition coefficient (Wildman–Crippen LogP) is 2.12. The molecule has 2 heterocycles. The normalized spacial score (nSPS) is 14.2. The van der Waals surface area contributed by atoms with Gasteiger partial charge >= 0.3 is 0 Å². The molecule has 1 saturated heterocycles. The number of aromatic nitrogens is 1. The third kappa shape index (κ3) is 3.76. The van der Waals surface area contributed by atoms with E-state index in [9.17, 15) is 14.0 Å². The van der Waals surface area contributed by atoms with Crippen molar-refractivity contribution >= 4 is 11.8 Å². The molecule has 1 fully saturated rings. The zero-order valence-corrected chi connectivity index (χ0v) is 14.9. The number of likely N-dealkylation sites (tertiary alicyclic amines) is 1. The number of nitrogens with zero attached hydrogens (tertiary/aromatic N) is 2. The Bertz CT molecular complexity index is 795. The van der Waals surface area contributed by atoms with E-state index in [2.05, 4.69) is 10.5 Å².